The van der Waals surface area contributed by atoms with Crippen molar-refractivity contribution in [1.29, 1.82) is 0 Å². The van der Waals surface area contributed by atoms with Gasteiger partial charge in [-0.3, -0.25) is 4.79 Å². The highest BCUT2D eigenvalue weighted by Gasteiger charge is 2.26. The maximum atomic E-state index is 11.2. The Kier molecular flexibility index (Phi) is 2.53. The van der Waals surface area contributed by atoms with Crippen LogP contribution in [0, 0.1) is 0 Å². The standard InChI is InChI=1S/C12H14O2/c1-9-7-11(8-12(13)14-9)10-5-3-2-4-6-10/h2-6,9,11H,7-8H2,1H3. The largest absolute Gasteiger partial charge is 0.463 e. The van der Waals surface area contributed by atoms with Crippen LogP contribution in [0.1, 0.15) is 31.2 Å². The van der Waals surface area contributed by atoms with E-state index < -0.39 is 0 Å². The van der Waals surface area contributed by atoms with Crippen molar-refractivity contribution in [2.45, 2.75) is 31.8 Å². The summed E-state index contributed by atoms with van der Waals surface area (Å²) in [7, 11) is 0. The summed E-state index contributed by atoms with van der Waals surface area (Å²) in [6.07, 6.45) is 1.52. The Morgan fingerprint density at radius 1 is 1.29 bits per heavy atom. The molecule has 14 heavy (non-hydrogen) atoms. The van der Waals surface area contributed by atoms with Crippen molar-refractivity contribution in [2.75, 3.05) is 0 Å². The fourth-order valence-electron chi connectivity index (χ4n) is 1.98. The number of esters is 1. The topological polar surface area (TPSA) is 26.3 Å². The molecule has 0 N–H and O–H groups in total. The van der Waals surface area contributed by atoms with Crippen LogP contribution in [0.5, 0.6) is 0 Å². The third-order valence-electron chi connectivity index (χ3n) is 2.63. The zero-order chi connectivity index (χ0) is 9.97. The Bertz CT molecular complexity index is 318. The van der Waals surface area contributed by atoms with E-state index >= 15 is 0 Å². The van der Waals surface area contributed by atoms with Gasteiger partial charge in [0.15, 0.2) is 0 Å². The molecule has 0 radical (unpaired) electrons. The molecule has 1 heterocycles. The molecule has 0 bridgehead atoms. The monoisotopic (exact) mass is 190 g/mol. The predicted molar refractivity (Wildman–Crippen MR) is 54.0 cm³/mol. The molecular formula is C12H14O2. The van der Waals surface area contributed by atoms with Crippen molar-refractivity contribution in [2.24, 2.45) is 0 Å². The summed E-state index contributed by atoms with van der Waals surface area (Å²) >= 11 is 0. The molecule has 2 unspecified atom stereocenters. The van der Waals surface area contributed by atoms with E-state index in [2.05, 4.69) is 12.1 Å². The predicted octanol–water partition coefficient (Wildman–Crippen LogP) is 2.50. The highest BCUT2D eigenvalue weighted by Crippen LogP contribution is 2.30. The molecule has 2 heteroatoms. The van der Waals surface area contributed by atoms with E-state index in [9.17, 15) is 4.79 Å². The van der Waals surface area contributed by atoms with E-state index in [-0.39, 0.29) is 12.1 Å². The van der Waals surface area contributed by atoms with Gasteiger partial charge in [-0.2, -0.15) is 0 Å². The highest BCUT2D eigenvalue weighted by atomic mass is 16.5. The summed E-state index contributed by atoms with van der Waals surface area (Å²) in [5.41, 5.74) is 1.25. The number of ether oxygens (including phenoxy) is 1. The Labute approximate surface area is 83.9 Å². The number of benzene rings is 1. The van der Waals surface area contributed by atoms with Gasteiger partial charge in [-0.1, -0.05) is 30.3 Å². The third-order valence-corrected chi connectivity index (χ3v) is 2.63. The van der Waals surface area contributed by atoms with Gasteiger partial charge in [-0.05, 0) is 24.8 Å². The van der Waals surface area contributed by atoms with Crippen molar-refractivity contribution in [1.82, 2.24) is 0 Å². The summed E-state index contributed by atoms with van der Waals surface area (Å²) in [6.45, 7) is 1.95. The van der Waals surface area contributed by atoms with Gasteiger partial charge in [0, 0.05) is 0 Å². The summed E-state index contributed by atoms with van der Waals surface area (Å²) in [6, 6.07) is 10.2. The minimum atomic E-state index is -0.0717. The van der Waals surface area contributed by atoms with Crippen LogP contribution in [0.15, 0.2) is 30.3 Å². The van der Waals surface area contributed by atoms with Crippen LogP contribution >= 0.6 is 0 Å². The highest BCUT2D eigenvalue weighted by molar-refractivity contribution is 5.71. The zero-order valence-corrected chi connectivity index (χ0v) is 8.27. The average Bonchev–Trinajstić information content (AvgIpc) is 2.18. The summed E-state index contributed by atoms with van der Waals surface area (Å²) < 4.78 is 5.10. The van der Waals surface area contributed by atoms with Gasteiger partial charge < -0.3 is 4.74 Å². The van der Waals surface area contributed by atoms with Crippen molar-refractivity contribution in [3.8, 4) is 0 Å². The average molecular weight is 190 g/mol. The van der Waals surface area contributed by atoms with Crippen molar-refractivity contribution in [3.05, 3.63) is 35.9 Å². The van der Waals surface area contributed by atoms with Gasteiger partial charge in [-0.15, -0.1) is 0 Å². The molecule has 2 atom stereocenters. The summed E-state index contributed by atoms with van der Waals surface area (Å²) in [4.78, 5) is 11.2. The quantitative estimate of drug-likeness (QED) is 0.636. The number of carbonyl (C=O) groups excluding carboxylic acids is 1. The normalized spacial score (nSPS) is 27.1. The van der Waals surface area contributed by atoms with Crippen LogP contribution in [-0.4, -0.2) is 12.1 Å². The van der Waals surface area contributed by atoms with Crippen molar-refractivity contribution in [3.63, 3.8) is 0 Å². The van der Waals surface area contributed by atoms with E-state index in [4.69, 9.17) is 4.74 Å². The van der Waals surface area contributed by atoms with E-state index in [1.165, 1.54) is 5.56 Å². The molecule has 2 rings (SSSR count). The van der Waals surface area contributed by atoms with Crippen LogP contribution in [0.4, 0.5) is 0 Å². The smallest absolute Gasteiger partial charge is 0.306 e. The van der Waals surface area contributed by atoms with Crippen molar-refractivity contribution < 1.29 is 9.53 Å². The van der Waals surface area contributed by atoms with Gasteiger partial charge in [0.05, 0.1) is 12.5 Å². The maximum Gasteiger partial charge on any atom is 0.306 e. The molecule has 0 aromatic heterocycles. The molecule has 1 aliphatic rings. The van der Waals surface area contributed by atoms with Crippen LogP contribution in [0.3, 0.4) is 0 Å². The lowest BCUT2D eigenvalue weighted by molar-refractivity contribution is -0.153. The Balaban J connectivity index is 2.15. The molecule has 1 aromatic carbocycles. The molecule has 74 valence electrons. The lowest BCUT2D eigenvalue weighted by Crippen LogP contribution is -2.26. The molecule has 0 amide bonds. The Morgan fingerprint density at radius 3 is 2.64 bits per heavy atom. The fourth-order valence-corrected chi connectivity index (χ4v) is 1.98. The molecule has 0 aliphatic carbocycles. The first-order chi connectivity index (χ1) is 6.75. The molecule has 0 spiro atoms. The Morgan fingerprint density at radius 2 is 2.00 bits per heavy atom. The SMILES string of the molecule is CC1CC(c2ccccc2)CC(=O)O1. The fraction of sp³-hybridized carbons (Fsp3) is 0.417. The van der Waals surface area contributed by atoms with Crippen LogP contribution in [-0.2, 0) is 9.53 Å². The number of rotatable bonds is 1. The second-order valence-electron chi connectivity index (χ2n) is 3.85. The van der Waals surface area contributed by atoms with E-state index in [0.29, 0.717) is 12.3 Å². The summed E-state index contributed by atoms with van der Waals surface area (Å²) in [5, 5.41) is 0. The molecule has 1 aliphatic heterocycles. The maximum absolute atomic E-state index is 11.2. The van der Waals surface area contributed by atoms with Crippen LogP contribution in [0.25, 0.3) is 0 Å². The number of cyclic esters (lactones) is 1. The number of hydrogen-bond acceptors (Lipinski definition) is 2. The molecule has 0 saturated carbocycles. The molecule has 1 saturated heterocycles. The van der Waals surface area contributed by atoms with Gasteiger partial charge >= 0.3 is 5.97 Å². The molecule has 1 aromatic rings. The minimum absolute atomic E-state index is 0.0569. The first kappa shape index (κ1) is 9.25. The van der Waals surface area contributed by atoms with Gasteiger partial charge in [-0.25, -0.2) is 0 Å². The minimum Gasteiger partial charge on any atom is -0.463 e. The second-order valence-corrected chi connectivity index (χ2v) is 3.85. The first-order valence-electron chi connectivity index (χ1n) is 5.00. The van der Waals surface area contributed by atoms with Crippen LogP contribution in [0.2, 0.25) is 0 Å². The van der Waals surface area contributed by atoms with Gasteiger partial charge in [0.2, 0.25) is 0 Å². The van der Waals surface area contributed by atoms with Gasteiger partial charge in [0.25, 0.3) is 0 Å². The molecular weight excluding hydrogens is 176 g/mol. The van der Waals surface area contributed by atoms with E-state index in [1.54, 1.807) is 0 Å². The lowest BCUT2D eigenvalue weighted by atomic mass is 9.89. The van der Waals surface area contributed by atoms with E-state index in [1.807, 2.05) is 25.1 Å². The lowest BCUT2D eigenvalue weighted by Gasteiger charge is -2.26. The second kappa shape index (κ2) is 3.82. The van der Waals surface area contributed by atoms with Crippen molar-refractivity contribution >= 4 is 5.97 Å². The van der Waals surface area contributed by atoms with Crippen LogP contribution < -0.4 is 0 Å². The third kappa shape index (κ3) is 1.95. The molecule has 2 nitrogen and oxygen atoms in total. The molecule has 1 fully saturated rings. The number of hydrogen-bond donors (Lipinski definition) is 0. The number of carbonyl (C=O) groups is 1. The first-order valence-corrected chi connectivity index (χ1v) is 5.00. The zero-order valence-electron chi connectivity index (χ0n) is 8.27. The van der Waals surface area contributed by atoms with E-state index in [0.717, 1.165) is 6.42 Å². The summed E-state index contributed by atoms with van der Waals surface area (Å²) in [5.74, 6) is 0.269. The Hall–Kier alpha value is -1.31. The van der Waals surface area contributed by atoms with Gasteiger partial charge in [0.1, 0.15) is 0 Å².